The van der Waals surface area contributed by atoms with Crippen molar-refractivity contribution in [1.82, 2.24) is 0 Å². The summed E-state index contributed by atoms with van der Waals surface area (Å²) in [7, 11) is 3.93. The zero-order valence-electron chi connectivity index (χ0n) is 17.3. The molecule has 0 aromatic heterocycles. The third-order valence-corrected chi connectivity index (χ3v) is 5.28. The van der Waals surface area contributed by atoms with Crippen molar-refractivity contribution in [2.45, 2.75) is 6.92 Å². The van der Waals surface area contributed by atoms with E-state index in [0.29, 0.717) is 33.2 Å². The molecule has 5 nitrogen and oxygen atoms in total. The second-order valence-corrected chi connectivity index (χ2v) is 7.82. The van der Waals surface area contributed by atoms with Gasteiger partial charge in [0.2, 0.25) is 5.78 Å². The van der Waals surface area contributed by atoms with Crippen LogP contribution in [0, 0.1) is 6.92 Å². The van der Waals surface area contributed by atoms with Gasteiger partial charge in [-0.2, -0.15) is 0 Å². The van der Waals surface area contributed by atoms with Crippen molar-refractivity contribution < 1.29 is 19.1 Å². The molecule has 31 heavy (non-hydrogen) atoms. The Labute approximate surface area is 185 Å². The SMILES string of the molecule is Cc1c(OC(=O)c2ccc(Cl)cc2)ccc2c1O/C(=C\c1ccc(N(C)C)cc1)C2=O. The Bertz CT molecular complexity index is 1200. The Morgan fingerprint density at radius 2 is 1.68 bits per heavy atom. The molecule has 6 heteroatoms. The molecule has 0 aliphatic carbocycles. The minimum atomic E-state index is -0.513. The number of carbonyl (C=O) groups excluding carboxylic acids is 2. The highest BCUT2D eigenvalue weighted by atomic mass is 35.5. The van der Waals surface area contributed by atoms with Crippen molar-refractivity contribution in [2.75, 3.05) is 19.0 Å². The summed E-state index contributed by atoms with van der Waals surface area (Å²) in [5.74, 6) is 0.258. The van der Waals surface area contributed by atoms with Gasteiger partial charge < -0.3 is 14.4 Å². The minimum Gasteiger partial charge on any atom is -0.452 e. The molecule has 0 saturated heterocycles. The van der Waals surface area contributed by atoms with E-state index in [1.54, 1.807) is 49.4 Å². The Morgan fingerprint density at radius 3 is 2.32 bits per heavy atom. The van der Waals surface area contributed by atoms with Crippen LogP contribution in [0.1, 0.15) is 31.8 Å². The fraction of sp³-hybridized carbons (Fsp3) is 0.120. The van der Waals surface area contributed by atoms with E-state index in [1.807, 2.05) is 43.3 Å². The van der Waals surface area contributed by atoms with Crippen LogP contribution >= 0.6 is 11.6 Å². The van der Waals surface area contributed by atoms with Crippen LogP contribution in [0.25, 0.3) is 6.08 Å². The number of carbonyl (C=O) groups is 2. The van der Waals surface area contributed by atoms with E-state index < -0.39 is 5.97 Å². The second kappa shape index (κ2) is 8.28. The highest BCUT2D eigenvalue weighted by molar-refractivity contribution is 6.30. The van der Waals surface area contributed by atoms with Crippen LogP contribution in [0.4, 0.5) is 5.69 Å². The summed E-state index contributed by atoms with van der Waals surface area (Å²) in [4.78, 5) is 27.2. The minimum absolute atomic E-state index is 0.203. The van der Waals surface area contributed by atoms with Crippen molar-refractivity contribution >= 4 is 35.1 Å². The van der Waals surface area contributed by atoms with Gasteiger partial charge in [-0.05, 0) is 67.1 Å². The highest BCUT2D eigenvalue weighted by Crippen LogP contribution is 2.39. The Balaban J connectivity index is 1.57. The van der Waals surface area contributed by atoms with E-state index in [4.69, 9.17) is 21.1 Å². The molecule has 0 fully saturated rings. The molecular formula is C25H20ClNO4. The fourth-order valence-corrected chi connectivity index (χ4v) is 3.37. The van der Waals surface area contributed by atoms with E-state index >= 15 is 0 Å². The second-order valence-electron chi connectivity index (χ2n) is 7.39. The van der Waals surface area contributed by atoms with Crippen molar-refractivity contribution in [3.63, 3.8) is 0 Å². The molecule has 0 bridgehead atoms. The molecule has 1 heterocycles. The third-order valence-electron chi connectivity index (χ3n) is 5.03. The zero-order valence-corrected chi connectivity index (χ0v) is 18.1. The summed E-state index contributed by atoms with van der Waals surface area (Å²) in [6, 6.07) is 17.4. The van der Waals surface area contributed by atoms with E-state index in [9.17, 15) is 9.59 Å². The molecule has 0 N–H and O–H groups in total. The number of Topliss-reactive ketones (excluding diaryl/α,β-unsaturated/α-hetero) is 1. The number of rotatable bonds is 4. The molecule has 0 saturated carbocycles. The van der Waals surface area contributed by atoms with Gasteiger partial charge in [-0.3, -0.25) is 4.79 Å². The molecule has 0 unspecified atom stereocenters. The maximum Gasteiger partial charge on any atom is 0.343 e. The Morgan fingerprint density at radius 1 is 1.00 bits per heavy atom. The van der Waals surface area contributed by atoms with Gasteiger partial charge in [0.25, 0.3) is 0 Å². The number of halogens is 1. The normalized spacial score (nSPS) is 13.7. The number of nitrogens with zero attached hydrogens (tertiary/aromatic N) is 1. The lowest BCUT2D eigenvalue weighted by atomic mass is 10.1. The maximum atomic E-state index is 12.8. The number of esters is 1. The van der Waals surface area contributed by atoms with E-state index in [0.717, 1.165) is 11.3 Å². The summed E-state index contributed by atoms with van der Waals surface area (Å²) >= 11 is 5.86. The van der Waals surface area contributed by atoms with E-state index in [1.165, 1.54) is 0 Å². The average Bonchev–Trinajstić information content (AvgIpc) is 3.07. The Kier molecular flexibility index (Phi) is 5.53. The van der Waals surface area contributed by atoms with Gasteiger partial charge in [0.1, 0.15) is 11.5 Å². The topological polar surface area (TPSA) is 55.8 Å². The van der Waals surface area contributed by atoms with Crippen LogP contribution in [0.2, 0.25) is 5.02 Å². The molecule has 0 atom stereocenters. The third kappa shape index (κ3) is 4.18. The lowest BCUT2D eigenvalue weighted by Crippen LogP contribution is -2.09. The average molecular weight is 434 g/mol. The van der Waals surface area contributed by atoms with Crippen LogP contribution in [-0.4, -0.2) is 25.8 Å². The molecule has 3 aromatic carbocycles. The predicted octanol–water partition coefficient (Wildman–Crippen LogP) is 5.55. The predicted molar refractivity (Wildman–Crippen MR) is 121 cm³/mol. The van der Waals surface area contributed by atoms with Crippen LogP contribution in [0.3, 0.4) is 0 Å². The number of allylic oxidation sites excluding steroid dienone is 1. The number of hydrogen-bond acceptors (Lipinski definition) is 5. The molecule has 0 radical (unpaired) electrons. The van der Waals surface area contributed by atoms with Gasteiger partial charge in [0.15, 0.2) is 5.76 Å². The fourth-order valence-electron chi connectivity index (χ4n) is 3.24. The highest BCUT2D eigenvalue weighted by Gasteiger charge is 2.30. The summed E-state index contributed by atoms with van der Waals surface area (Å²) in [5.41, 5.74) is 3.32. The van der Waals surface area contributed by atoms with E-state index in [-0.39, 0.29) is 11.5 Å². The maximum absolute atomic E-state index is 12.8. The van der Waals surface area contributed by atoms with Gasteiger partial charge in [-0.25, -0.2) is 4.79 Å². The molecule has 3 aromatic rings. The number of ketones is 1. The summed E-state index contributed by atoms with van der Waals surface area (Å²) in [6.45, 7) is 1.76. The van der Waals surface area contributed by atoms with Gasteiger partial charge in [-0.1, -0.05) is 23.7 Å². The van der Waals surface area contributed by atoms with Crippen LogP contribution in [0.5, 0.6) is 11.5 Å². The van der Waals surface area contributed by atoms with Crippen molar-refractivity contribution in [1.29, 1.82) is 0 Å². The lowest BCUT2D eigenvalue weighted by molar-refractivity contribution is 0.0733. The van der Waals surface area contributed by atoms with Crippen molar-refractivity contribution in [3.8, 4) is 11.5 Å². The quantitative estimate of drug-likeness (QED) is 0.307. The molecule has 4 rings (SSSR count). The number of anilines is 1. The van der Waals surface area contributed by atoms with Crippen LogP contribution < -0.4 is 14.4 Å². The first-order valence-corrected chi connectivity index (χ1v) is 10.0. The lowest BCUT2D eigenvalue weighted by Gasteiger charge is -2.12. The van der Waals surface area contributed by atoms with Crippen molar-refractivity contribution in [2.24, 2.45) is 0 Å². The number of fused-ring (bicyclic) bond motifs is 1. The van der Waals surface area contributed by atoms with Crippen molar-refractivity contribution in [3.05, 3.63) is 93.7 Å². The number of ether oxygens (including phenoxy) is 2. The number of benzene rings is 3. The molecular weight excluding hydrogens is 414 g/mol. The van der Waals surface area contributed by atoms with Crippen LogP contribution in [-0.2, 0) is 0 Å². The zero-order chi connectivity index (χ0) is 22.1. The summed E-state index contributed by atoms with van der Waals surface area (Å²) in [6.07, 6.45) is 1.71. The number of hydrogen-bond donors (Lipinski definition) is 0. The standard InChI is InChI=1S/C25H20ClNO4/c1-15-21(31-25(29)17-6-8-18(26)9-7-17)13-12-20-23(28)22(30-24(15)20)14-16-4-10-19(11-5-16)27(2)3/h4-14H,1-3H3/b22-14-. The Hall–Kier alpha value is -3.57. The van der Waals surface area contributed by atoms with Gasteiger partial charge in [-0.15, -0.1) is 0 Å². The van der Waals surface area contributed by atoms with Crippen LogP contribution in [0.15, 0.2) is 66.4 Å². The van der Waals surface area contributed by atoms with E-state index in [2.05, 4.69) is 0 Å². The van der Waals surface area contributed by atoms with Gasteiger partial charge >= 0.3 is 5.97 Å². The summed E-state index contributed by atoms with van der Waals surface area (Å²) in [5, 5.41) is 0.535. The molecule has 156 valence electrons. The first-order valence-electron chi connectivity index (χ1n) is 9.66. The first-order chi connectivity index (χ1) is 14.8. The first kappa shape index (κ1) is 20.7. The monoisotopic (exact) mass is 433 g/mol. The smallest absolute Gasteiger partial charge is 0.343 e. The van der Waals surface area contributed by atoms with Gasteiger partial charge in [0.05, 0.1) is 11.1 Å². The largest absolute Gasteiger partial charge is 0.452 e. The molecule has 0 spiro atoms. The molecule has 0 amide bonds. The van der Waals surface area contributed by atoms with Gasteiger partial charge in [0, 0.05) is 30.4 Å². The molecule has 1 aliphatic rings. The molecule has 1 aliphatic heterocycles. The summed E-state index contributed by atoms with van der Waals surface area (Å²) < 4.78 is 11.4.